The molecule has 6 heteroatoms. The second-order valence-electron chi connectivity index (χ2n) is 5.28. The van der Waals surface area contributed by atoms with E-state index in [2.05, 4.69) is 20.2 Å². The highest BCUT2D eigenvalue weighted by atomic mass is 16.5. The van der Waals surface area contributed by atoms with Gasteiger partial charge in [0.05, 0.1) is 19.3 Å². The van der Waals surface area contributed by atoms with Crippen LogP contribution in [0.5, 0.6) is 0 Å². The third-order valence-corrected chi connectivity index (χ3v) is 3.62. The molecule has 1 atom stereocenters. The molecule has 0 amide bonds. The van der Waals surface area contributed by atoms with Gasteiger partial charge in [-0.1, -0.05) is 6.07 Å². The van der Waals surface area contributed by atoms with Gasteiger partial charge in [0.25, 0.3) is 0 Å². The maximum Gasteiger partial charge on any atom is 0.194 e. The number of rotatable bonds is 4. The molecule has 0 radical (unpaired) electrons. The normalized spacial score (nSPS) is 24.6. The van der Waals surface area contributed by atoms with Crippen LogP contribution in [-0.4, -0.2) is 54.2 Å². The molecule has 2 aliphatic rings. The monoisotopic (exact) mass is 275 g/mol. The minimum atomic E-state index is 0.147. The van der Waals surface area contributed by atoms with E-state index in [1.54, 1.807) is 6.20 Å². The number of nitrogens with one attached hydrogen (secondary N) is 1. The molecule has 1 aliphatic carbocycles. The highest BCUT2D eigenvalue weighted by molar-refractivity contribution is 5.91. The van der Waals surface area contributed by atoms with Crippen molar-refractivity contribution in [2.45, 2.75) is 25.0 Å². The lowest BCUT2D eigenvalue weighted by Gasteiger charge is -2.32. The molecule has 6 nitrogen and oxygen atoms in total. The van der Waals surface area contributed by atoms with E-state index in [-0.39, 0.29) is 6.10 Å². The van der Waals surface area contributed by atoms with Gasteiger partial charge in [0, 0.05) is 25.3 Å². The first-order chi connectivity index (χ1) is 9.81. The molecule has 1 aliphatic heterocycles. The van der Waals surface area contributed by atoms with Crippen LogP contribution in [0.3, 0.4) is 0 Å². The zero-order valence-electron chi connectivity index (χ0n) is 11.5. The van der Waals surface area contributed by atoms with Crippen LogP contribution in [0.15, 0.2) is 29.4 Å². The van der Waals surface area contributed by atoms with Crippen LogP contribution < -0.4 is 11.1 Å². The Balaban J connectivity index is 1.48. The third kappa shape index (κ3) is 3.68. The van der Waals surface area contributed by atoms with Crippen LogP contribution in [0.2, 0.25) is 0 Å². The molecule has 2 heterocycles. The summed E-state index contributed by atoms with van der Waals surface area (Å²) in [6.45, 7) is 3.40. The average molecular weight is 275 g/mol. The van der Waals surface area contributed by atoms with E-state index in [0.717, 1.165) is 25.7 Å². The fourth-order valence-corrected chi connectivity index (χ4v) is 2.43. The van der Waals surface area contributed by atoms with Crippen molar-refractivity contribution in [3.63, 3.8) is 0 Å². The SMILES string of the molecule is NC(=NCC1CN(C2CC2)CCO1)Nc1ccccn1. The fourth-order valence-electron chi connectivity index (χ4n) is 2.43. The summed E-state index contributed by atoms with van der Waals surface area (Å²) in [5, 5.41) is 2.98. The van der Waals surface area contributed by atoms with E-state index >= 15 is 0 Å². The van der Waals surface area contributed by atoms with Gasteiger partial charge < -0.3 is 15.8 Å². The second kappa shape index (κ2) is 6.19. The molecule has 3 N–H and O–H groups in total. The summed E-state index contributed by atoms with van der Waals surface area (Å²) in [7, 11) is 0. The van der Waals surface area contributed by atoms with Crippen molar-refractivity contribution < 1.29 is 4.74 Å². The molecular formula is C14H21N5O. The van der Waals surface area contributed by atoms with Gasteiger partial charge in [-0.05, 0) is 25.0 Å². The summed E-state index contributed by atoms with van der Waals surface area (Å²) in [6, 6.07) is 6.41. The van der Waals surface area contributed by atoms with E-state index in [1.807, 2.05) is 18.2 Å². The minimum absolute atomic E-state index is 0.147. The van der Waals surface area contributed by atoms with Gasteiger partial charge in [-0.3, -0.25) is 9.89 Å². The van der Waals surface area contributed by atoms with Crippen molar-refractivity contribution >= 4 is 11.8 Å². The molecular weight excluding hydrogens is 254 g/mol. The van der Waals surface area contributed by atoms with Crippen molar-refractivity contribution in [3.8, 4) is 0 Å². The first-order valence-corrected chi connectivity index (χ1v) is 7.15. The topological polar surface area (TPSA) is 75.8 Å². The molecule has 108 valence electrons. The Bertz CT molecular complexity index is 460. The van der Waals surface area contributed by atoms with Crippen LogP contribution >= 0.6 is 0 Å². The number of ether oxygens (including phenoxy) is 1. The highest BCUT2D eigenvalue weighted by Gasteiger charge is 2.32. The second-order valence-corrected chi connectivity index (χ2v) is 5.28. The number of nitrogens with zero attached hydrogens (tertiary/aromatic N) is 3. The smallest absolute Gasteiger partial charge is 0.194 e. The zero-order valence-corrected chi connectivity index (χ0v) is 11.5. The van der Waals surface area contributed by atoms with E-state index < -0.39 is 0 Å². The number of aliphatic imine (C=N–C) groups is 1. The van der Waals surface area contributed by atoms with Crippen LogP contribution in [0.4, 0.5) is 5.82 Å². The lowest BCUT2D eigenvalue weighted by atomic mass is 10.2. The summed E-state index contributed by atoms with van der Waals surface area (Å²) in [5.41, 5.74) is 5.86. The first-order valence-electron chi connectivity index (χ1n) is 7.15. The number of anilines is 1. The van der Waals surface area contributed by atoms with Gasteiger partial charge >= 0.3 is 0 Å². The summed E-state index contributed by atoms with van der Waals surface area (Å²) in [6.07, 6.45) is 4.53. The maximum absolute atomic E-state index is 5.86. The Kier molecular flexibility index (Phi) is 4.13. The van der Waals surface area contributed by atoms with Crippen LogP contribution in [0.25, 0.3) is 0 Å². The molecule has 2 fully saturated rings. The van der Waals surface area contributed by atoms with E-state index in [9.17, 15) is 0 Å². The zero-order chi connectivity index (χ0) is 13.8. The number of hydrogen-bond acceptors (Lipinski definition) is 4. The summed E-state index contributed by atoms with van der Waals surface area (Å²) >= 11 is 0. The van der Waals surface area contributed by atoms with Gasteiger partial charge in [0.2, 0.25) is 0 Å². The Hall–Kier alpha value is -1.66. The largest absolute Gasteiger partial charge is 0.374 e. The number of pyridine rings is 1. The average Bonchev–Trinajstić information content (AvgIpc) is 3.31. The van der Waals surface area contributed by atoms with Gasteiger partial charge in [0.1, 0.15) is 5.82 Å². The number of guanidine groups is 1. The quantitative estimate of drug-likeness (QED) is 0.624. The Morgan fingerprint density at radius 3 is 3.15 bits per heavy atom. The number of hydrogen-bond donors (Lipinski definition) is 2. The van der Waals surface area contributed by atoms with Crippen molar-refractivity contribution in [2.75, 3.05) is 31.6 Å². The Morgan fingerprint density at radius 1 is 1.50 bits per heavy atom. The van der Waals surface area contributed by atoms with Gasteiger partial charge in [-0.2, -0.15) is 0 Å². The Morgan fingerprint density at radius 2 is 2.40 bits per heavy atom. The van der Waals surface area contributed by atoms with Crippen molar-refractivity contribution in [1.82, 2.24) is 9.88 Å². The van der Waals surface area contributed by atoms with Gasteiger partial charge in [-0.15, -0.1) is 0 Å². The van der Waals surface area contributed by atoms with Gasteiger partial charge in [0.15, 0.2) is 5.96 Å². The molecule has 0 bridgehead atoms. The highest BCUT2D eigenvalue weighted by Crippen LogP contribution is 2.28. The molecule has 1 saturated carbocycles. The number of morpholine rings is 1. The molecule has 1 saturated heterocycles. The predicted octanol–water partition coefficient (Wildman–Crippen LogP) is 0.671. The molecule has 0 aromatic carbocycles. The molecule has 20 heavy (non-hydrogen) atoms. The van der Waals surface area contributed by atoms with E-state index in [4.69, 9.17) is 10.5 Å². The standard InChI is InChI=1S/C14H21N5O/c15-14(18-13-3-1-2-6-16-13)17-9-12-10-19(7-8-20-12)11-4-5-11/h1-3,6,11-12H,4-5,7-10H2,(H3,15,16,17,18). The molecule has 1 aromatic rings. The van der Waals surface area contributed by atoms with Crippen LogP contribution in [-0.2, 0) is 4.74 Å². The lowest BCUT2D eigenvalue weighted by molar-refractivity contribution is -0.0258. The van der Waals surface area contributed by atoms with E-state index in [0.29, 0.717) is 18.3 Å². The summed E-state index contributed by atoms with van der Waals surface area (Å²) in [5.74, 6) is 1.09. The van der Waals surface area contributed by atoms with Crippen molar-refractivity contribution in [1.29, 1.82) is 0 Å². The fraction of sp³-hybridized carbons (Fsp3) is 0.571. The molecule has 1 aromatic heterocycles. The third-order valence-electron chi connectivity index (χ3n) is 3.62. The van der Waals surface area contributed by atoms with Gasteiger partial charge in [-0.25, -0.2) is 4.98 Å². The van der Waals surface area contributed by atoms with Crippen LogP contribution in [0, 0.1) is 0 Å². The van der Waals surface area contributed by atoms with Crippen molar-refractivity contribution in [3.05, 3.63) is 24.4 Å². The van der Waals surface area contributed by atoms with E-state index in [1.165, 1.54) is 12.8 Å². The summed E-state index contributed by atoms with van der Waals surface area (Å²) < 4.78 is 5.74. The first kappa shape index (κ1) is 13.3. The number of aromatic nitrogens is 1. The molecule has 3 rings (SSSR count). The minimum Gasteiger partial charge on any atom is -0.374 e. The van der Waals surface area contributed by atoms with Crippen LogP contribution in [0.1, 0.15) is 12.8 Å². The number of nitrogens with two attached hydrogens (primary N) is 1. The Labute approximate surface area is 119 Å². The predicted molar refractivity (Wildman–Crippen MR) is 78.7 cm³/mol. The van der Waals surface area contributed by atoms with Crippen molar-refractivity contribution in [2.24, 2.45) is 10.7 Å². The molecule has 0 spiro atoms. The maximum atomic E-state index is 5.86. The molecule has 1 unspecified atom stereocenters. The summed E-state index contributed by atoms with van der Waals surface area (Å²) in [4.78, 5) is 11.0. The lowest BCUT2D eigenvalue weighted by Crippen LogP contribution is -2.45.